The molecule has 130 valence electrons. The van der Waals surface area contributed by atoms with Gasteiger partial charge < -0.3 is 10.6 Å². The summed E-state index contributed by atoms with van der Waals surface area (Å²) in [6.07, 6.45) is 1.95. The Labute approximate surface area is 148 Å². The van der Waals surface area contributed by atoms with Crippen molar-refractivity contribution in [2.75, 3.05) is 13.1 Å². The first kappa shape index (κ1) is 17.2. The van der Waals surface area contributed by atoms with E-state index in [1.807, 2.05) is 36.4 Å². The fourth-order valence-electron chi connectivity index (χ4n) is 3.49. The molecule has 1 saturated heterocycles. The van der Waals surface area contributed by atoms with Crippen LogP contribution in [-0.4, -0.2) is 29.8 Å². The first-order valence-electron chi connectivity index (χ1n) is 8.79. The van der Waals surface area contributed by atoms with E-state index >= 15 is 0 Å². The Kier molecular flexibility index (Phi) is 5.49. The van der Waals surface area contributed by atoms with Gasteiger partial charge in [-0.3, -0.25) is 9.59 Å². The maximum Gasteiger partial charge on any atom is 0.223 e. The lowest BCUT2D eigenvalue weighted by atomic mass is 9.89. The topological polar surface area (TPSA) is 63.4 Å². The smallest absolute Gasteiger partial charge is 0.223 e. The van der Waals surface area contributed by atoms with Crippen molar-refractivity contribution >= 4 is 11.8 Å². The standard InChI is InChI=1S/C21H24N2O2/c22-21(25)18-11-12-23(15-18)20(24)14-19(17-9-5-2-6-10-17)13-16-7-3-1-4-8-16/h1-10,18-19H,11-15H2,(H2,22,25). The number of benzene rings is 2. The second-order valence-electron chi connectivity index (χ2n) is 6.73. The van der Waals surface area contributed by atoms with Crippen molar-refractivity contribution in [2.45, 2.75) is 25.2 Å². The van der Waals surface area contributed by atoms with Gasteiger partial charge in [0, 0.05) is 19.5 Å². The van der Waals surface area contributed by atoms with Crippen molar-refractivity contribution in [3.05, 3.63) is 71.8 Å². The predicted molar refractivity (Wildman–Crippen MR) is 97.8 cm³/mol. The molecule has 4 heteroatoms. The van der Waals surface area contributed by atoms with Gasteiger partial charge in [0.15, 0.2) is 0 Å². The van der Waals surface area contributed by atoms with Crippen molar-refractivity contribution in [1.82, 2.24) is 4.90 Å². The number of likely N-dealkylation sites (tertiary alicyclic amines) is 1. The van der Waals surface area contributed by atoms with Gasteiger partial charge in [-0.05, 0) is 29.9 Å². The highest BCUT2D eigenvalue weighted by Gasteiger charge is 2.30. The minimum Gasteiger partial charge on any atom is -0.369 e. The van der Waals surface area contributed by atoms with Crippen molar-refractivity contribution in [2.24, 2.45) is 11.7 Å². The summed E-state index contributed by atoms with van der Waals surface area (Å²) in [5, 5.41) is 0. The van der Waals surface area contributed by atoms with Crippen LogP contribution in [0.3, 0.4) is 0 Å². The molecule has 2 N–H and O–H groups in total. The Bertz CT molecular complexity index is 715. The first-order chi connectivity index (χ1) is 12.1. The molecule has 0 saturated carbocycles. The molecule has 4 nitrogen and oxygen atoms in total. The van der Waals surface area contributed by atoms with Gasteiger partial charge in [0.1, 0.15) is 0 Å². The lowest BCUT2D eigenvalue weighted by Gasteiger charge is -2.22. The van der Waals surface area contributed by atoms with E-state index < -0.39 is 0 Å². The van der Waals surface area contributed by atoms with Gasteiger partial charge in [0.05, 0.1) is 5.92 Å². The normalized spacial score (nSPS) is 18.1. The molecule has 2 amide bonds. The third kappa shape index (κ3) is 4.47. The largest absolute Gasteiger partial charge is 0.369 e. The molecule has 1 aliphatic heterocycles. The van der Waals surface area contributed by atoms with Crippen molar-refractivity contribution < 1.29 is 9.59 Å². The number of carbonyl (C=O) groups is 2. The van der Waals surface area contributed by atoms with E-state index in [2.05, 4.69) is 24.3 Å². The highest BCUT2D eigenvalue weighted by molar-refractivity contribution is 5.81. The summed E-state index contributed by atoms with van der Waals surface area (Å²) in [6.45, 7) is 1.08. The SMILES string of the molecule is NC(=O)C1CCN(C(=O)CC(Cc2ccccc2)c2ccccc2)C1. The summed E-state index contributed by atoms with van der Waals surface area (Å²) in [5.41, 5.74) is 7.77. The third-order valence-corrected chi connectivity index (χ3v) is 4.96. The van der Waals surface area contributed by atoms with Crippen LogP contribution in [0, 0.1) is 5.92 Å². The number of hydrogen-bond acceptors (Lipinski definition) is 2. The number of rotatable bonds is 6. The molecular weight excluding hydrogens is 312 g/mol. The number of carbonyl (C=O) groups excluding carboxylic acids is 2. The number of primary amides is 1. The zero-order chi connectivity index (χ0) is 17.6. The van der Waals surface area contributed by atoms with Crippen molar-refractivity contribution in [3.8, 4) is 0 Å². The molecule has 25 heavy (non-hydrogen) atoms. The fourth-order valence-corrected chi connectivity index (χ4v) is 3.49. The van der Waals surface area contributed by atoms with Crippen LogP contribution in [0.15, 0.2) is 60.7 Å². The van der Waals surface area contributed by atoms with Crippen molar-refractivity contribution in [1.29, 1.82) is 0 Å². The minimum absolute atomic E-state index is 0.105. The lowest BCUT2D eigenvalue weighted by Crippen LogP contribution is -2.32. The molecule has 0 spiro atoms. The van der Waals surface area contributed by atoms with Crippen LogP contribution in [0.5, 0.6) is 0 Å². The van der Waals surface area contributed by atoms with E-state index in [0.29, 0.717) is 25.9 Å². The van der Waals surface area contributed by atoms with Crippen LogP contribution < -0.4 is 5.73 Å². The monoisotopic (exact) mass is 336 g/mol. The van der Waals surface area contributed by atoms with Crippen molar-refractivity contribution in [3.63, 3.8) is 0 Å². The Hall–Kier alpha value is -2.62. The third-order valence-electron chi connectivity index (χ3n) is 4.96. The van der Waals surface area contributed by atoms with Gasteiger partial charge in [0.25, 0.3) is 0 Å². The molecule has 3 rings (SSSR count). The number of hydrogen-bond donors (Lipinski definition) is 1. The number of nitrogens with two attached hydrogens (primary N) is 1. The highest BCUT2D eigenvalue weighted by Crippen LogP contribution is 2.27. The van der Waals surface area contributed by atoms with Gasteiger partial charge in [-0.25, -0.2) is 0 Å². The molecule has 1 aliphatic rings. The highest BCUT2D eigenvalue weighted by atomic mass is 16.2. The van der Waals surface area contributed by atoms with E-state index in [4.69, 9.17) is 5.73 Å². The molecule has 2 atom stereocenters. The van der Waals surface area contributed by atoms with Gasteiger partial charge in [-0.1, -0.05) is 60.7 Å². The Morgan fingerprint density at radius 3 is 2.28 bits per heavy atom. The molecule has 2 aromatic rings. The Morgan fingerprint density at radius 1 is 1.04 bits per heavy atom. The summed E-state index contributed by atoms with van der Waals surface area (Å²) in [5.74, 6) is -0.273. The maximum atomic E-state index is 12.8. The molecule has 2 aromatic carbocycles. The van der Waals surface area contributed by atoms with Gasteiger partial charge in [-0.15, -0.1) is 0 Å². The zero-order valence-corrected chi connectivity index (χ0v) is 14.3. The summed E-state index contributed by atoms with van der Waals surface area (Å²) >= 11 is 0. The summed E-state index contributed by atoms with van der Waals surface area (Å²) in [4.78, 5) is 25.9. The van der Waals surface area contributed by atoms with Crippen LogP contribution in [0.2, 0.25) is 0 Å². The summed E-state index contributed by atoms with van der Waals surface area (Å²) < 4.78 is 0. The molecule has 1 fully saturated rings. The van der Waals surface area contributed by atoms with Gasteiger partial charge >= 0.3 is 0 Å². The van der Waals surface area contributed by atoms with Gasteiger partial charge in [-0.2, -0.15) is 0 Å². The average Bonchev–Trinajstić information content (AvgIpc) is 3.13. The molecule has 0 radical (unpaired) electrons. The van der Waals surface area contributed by atoms with Crippen LogP contribution in [0.4, 0.5) is 0 Å². The fraction of sp³-hybridized carbons (Fsp3) is 0.333. The summed E-state index contributed by atoms with van der Waals surface area (Å²) in [7, 11) is 0. The maximum absolute atomic E-state index is 12.8. The quantitative estimate of drug-likeness (QED) is 0.881. The molecule has 0 aliphatic carbocycles. The molecule has 1 heterocycles. The molecule has 2 unspecified atom stereocenters. The second kappa shape index (κ2) is 7.97. The number of nitrogens with zero attached hydrogens (tertiary/aromatic N) is 1. The van der Waals surface area contributed by atoms with Crippen LogP contribution in [-0.2, 0) is 16.0 Å². The minimum atomic E-state index is -0.306. The van der Waals surface area contributed by atoms with Crippen LogP contribution >= 0.6 is 0 Å². The average molecular weight is 336 g/mol. The van der Waals surface area contributed by atoms with E-state index in [0.717, 1.165) is 6.42 Å². The van der Waals surface area contributed by atoms with E-state index in [-0.39, 0.29) is 23.7 Å². The van der Waals surface area contributed by atoms with Crippen LogP contribution in [0.25, 0.3) is 0 Å². The van der Waals surface area contributed by atoms with E-state index in [1.165, 1.54) is 11.1 Å². The Morgan fingerprint density at radius 2 is 1.68 bits per heavy atom. The number of amides is 2. The zero-order valence-electron chi connectivity index (χ0n) is 14.3. The second-order valence-corrected chi connectivity index (χ2v) is 6.73. The summed E-state index contributed by atoms with van der Waals surface area (Å²) in [6, 6.07) is 20.4. The first-order valence-corrected chi connectivity index (χ1v) is 8.79. The van der Waals surface area contributed by atoms with E-state index in [1.54, 1.807) is 4.90 Å². The molecule has 0 bridgehead atoms. The Balaban J connectivity index is 1.71. The van der Waals surface area contributed by atoms with Gasteiger partial charge in [0.2, 0.25) is 11.8 Å². The molecular formula is C21H24N2O2. The predicted octanol–water partition coefficient (Wildman–Crippen LogP) is 2.74. The van der Waals surface area contributed by atoms with Crippen LogP contribution in [0.1, 0.15) is 29.9 Å². The lowest BCUT2D eigenvalue weighted by molar-refractivity contribution is -0.130. The molecule has 0 aromatic heterocycles. The van der Waals surface area contributed by atoms with E-state index in [9.17, 15) is 9.59 Å².